The fraction of sp³-hybridized carbons (Fsp3) is 0.333. The Labute approximate surface area is 103 Å². The number of amides is 1. The zero-order valence-electron chi connectivity index (χ0n) is 9.46. The molecule has 94 valence electrons. The molecule has 6 nitrogen and oxygen atoms in total. The van der Waals surface area contributed by atoms with Gasteiger partial charge in [0, 0.05) is 24.7 Å². The van der Waals surface area contributed by atoms with E-state index < -0.39 is 11.9 Å². The van der Waals surface area contributed by atoms with E-state index in [4.69, 9.17) is 14.6 Å². The van der Waals surface area contributed by atoms with Crippen molar-refractivity contribution in [1.29, 1.82) is 0 Å². The highest BCUT2D eigenvalue weighted by Crippen LogP contribution is 2.37. The second-order valence-electron chi connectivity index (χ2n) is 4.28. The molecule has 1 aromatic rings. The lowest BCUT2D eigenvalue weighted by atomic mass is 10.1. The Balaban J connectivity index is 1.87. The van der Waals surface area contributed by atoms with Gasteiger partial charge in [-0.2, -0.15) is 0 Å². The van der Waals surface area contributed by atoms with Crippen LogP contribution in [0.3, 0.4) is 0 Å². The third kappa shape index (κ3) is 1.66. The van der Waals surface area contributed by atoms with Crippen LogP contribution in [0, 0.1) is 5.92 Å². The van der Waals surface area contributed by atoms with Gasteiger partial charge in [-0.3, -0.25) is 9.59 Å². The quantitative estimate of drug-likeness (QED) is 0.841. The Morgan fingerprint density at radius 1 is 1.33 bits per heavy atom. The monoisotopic (exact) mass is 249 g/mol. The summed E-state index contributed by atoms with van der Waals surface area (Å²) in [6, 6.07) is 5.15. The van der Waals surface area contributed by atoms with Crippen molar-refractivity contribution in [2.45, 2.75) is 6.42 Å². The lowest BCUT2D eigenvalue weighted by Gasteiger charge is -2.16. The van der Waals surface area contributed by atoms with Gasteiger partial charge in [0.05, 0.1) is 5.92 Å². The first-order valence-electron chi connectivity index (χ1n) is 5.58. The van der Waals surface area contributed by atoms with Crippen LogP contribution in [0.25, 0.3) is 0 Å². The SMILES string of the molecule is O=C(O)[C@@H]1CC(=O)N(c2ccc3c(c2)OCO3)C1. The highest BCUT2D eigenvalue weighted by molar-refractivity contribution is 5.99. The second-order valence-corrected chi connectivity index (χ2v) is 4.28. The van der Waals surface area contributed by atoms with Crippen LogP contribution in [0.15, 0.2) is 18.2 Å². The molecule has 0 saturated carbocycles. The number of carbonyl (C=O) groups excluding carboxylic acids is 1. The third-order valence-corrected chi connectivity index (χ3v) is 3.14. The Hall–Kier alpha value is -2.24. The summed E-state index contributed by atoms with van der Waals surface area (Å²) in [5.74, 6) is -0.532. The summed E-state index contributed by atoms with van der Waals surface area (Å²) in [4.78, 5) is 24.1. The summed E-state index contributed by atoms with van der Waals surface area (Å²) in [6.45, 7) is 0.373. The molecular formula is C12H11NO5. The molecule has 1 atom stereocenters. The topological polar surface area (TPSA) is 76.1 Å². The molecular weight excluding hydrogens is 238 g/mol. The zero-order chi connectivity index (χ0) is 12.7. The molecule has 0 aromatic heterocycles. The summed E-state index contributed by atoms with van der Waals surface area (Å²) in [7, 11) is 0. The molecule has 1 N–H and O–H groups in total. The number of carbonyl (C=O) groups is 2. The van der Waals surface area contributed by atoms with Crippen molar-refractivity contribution in [3.05, 3.63) is 18.2 Å². The maximum atomic E-state index is 11.8. The molecule has 0 spiro atoms. The summed E-state index contributed by atoms with van der Waals surface area (Å²) in [5, 5.41) is 8.93. The number of hydrogen-bond acceptors (Lipinski definition) is 4. The average Bonchev–Trinajstić information content (AvgIpc) is 2.93. The molecule has 0 bridgehead atoms. The number of carboxylic acid groups (broad SMARTS) is 1. The van der Waals surface area contributed by atoms with Gasteiger partial charge in [-0.05, 0) is 12.1 Å². The minimum atomic E-state index is -0.938. The first kappa shape index (κ1) is 10.9. The van der Waals surface area contributed by atoms with Crippen molar-refractivity contribution < 1.29 is 24.2 Å². The molecule has 0 unspecified atom stereocenters. The van der Waals surface area contributed by atoms with E-state index in [-0.39, 0.29) is 25.7 Å². The molecule has 2 aliphatic rings. The predicted octanol–water partition coefficient (Wildman–Crippen LogP) is 0.853. The van der Waals surface area contributed by atoms with Gasteiger partial charge < -0.3 is 19.5 Å². The van der Waals surface area contributed by atoms with Crippen LogP contribution < -0.4 is 14.4 Å². The van der Waals surface area contributed by atoms with E-state index >= 15 is 0 Å². The number of fused-ring (bicyclic) bond motifs is 1. The van der Waals surface area contributed by atoms with Gasteiger partial charge in [0.25, 0.3) is 0 Å². The third-order valence-electron chi connectivity index (χ3n) is 3.14. The fourth-order valence-electron chi connectivity index (χ4n) is 2.18. The van der Waals surface area contributed by atoms with Gasteiger partial charge in [0.1, 0.15) is 0 Å². The van der Waals surface area contributed by atoms with Crippen molar-refractivity contribution in [2.75, 3.05) is 18.2 Å². The van der Waals surface area contributed by atoms with Crippen molar-refractivity contribution in [3.8, 4) is 11.5 Å². The van der Waals surface area contributed by atoms with Gasteiger partial charge >= 0.3 is 5.97 Å². The fourth-order valence-corrected chi connectivity index (χ4v) is 2.18. The Kier molecular flexibility index (Phi) is 2.36. The molecule has 2 aliphatic heterocycles. The molecule has 2 heterocycles. The van der Waals surface area contributed by atoms with Crippen molar-refractivity contribution >= 4 is 17.6 Å². The van der Waals surface area contributed by atoms with E-state index in [2.05, 4.69) is 0 Å². The molecule has 0 radical (unpaired) electrons. The van der Waals surface area contributed by atoms with Crippen LogP contribution in [0.4, 0.5) is 5.69 Å². The number of ether oxygens (including phenoxy) is 2. The Morgan fingerprint density at radius 3 is 2.83 bits per heavy atom. The second kappa shape index (κ2) is 3.90. The van der Waals surface area contributed by atoms with Crippen LogP contribution in [0.1, 0.15) is 6.42 Å². The Bertz CT molecular complexity index is 527. The van der Waals surface area contributed by atoms with E-state index in [1.165, 1.54) is 4.90 Å². The molecule has 1 aromatic carbocycles. The molecule has 1 amide bonds. The standard InChI is InChI=1S/C12H11NO5/c14-11-3-7(12(15)16)5-13(11)8-1-2-9-10(4-8)18-6-17-9/h1-2,4,7H,3,5-6H2,(H,15,16)/t7-/m1/s1. The predicted molar refractivity (Wildman–Crippen MR) is 60.7 cm³/mol. The highest BCUT2D eigenvalue weighted by Gasteiger charge is 2.35. The van der Waals surface area contributed by atoms with Crippen molar-refractivity contribution in [3.63, 3.8) is 0 Å². The number of rotatable bonds is 2. The van der Waals surface area contributed by atoms with Crippen LogP contribution in [-0.2, 0) is 9.59 Å². The van der Waals surface area contributed by atoms with Gasteiger partial charge in [0.2, 0.25) is 12.7 Å². The van der Waals surface area contributed by atoms with Crippen LogP contribution in [0.5, 0.6) is 11.5 Å². The summed E-state index contributed by atoms with van der Waals surface area (Å²) in [6.07, 6.45) is 0.0454. The molecule has 1 fully saturated rings. The highest BCUT2D eigenvalue weighted by atomic mass is 16.7. The van der Waals surface area contributed by atoms with E-state index in [0.717, 1.165) is 0 Å². The average molecular weight is 249 g/mol. The lowest BCUT2D eigenvalue weighted by Crippen LogP contribution is -2.25. The largest absolute Gasteiger partial charge is 0.481 e. The number of hydrogen-bond donors (Lipinski definition) is 1. The number of aliphatic carboxylic acids is 1. The van der Waals surface area contributed by atoms with E-state index in [1.54, 1.807) is 18.2 Å². The number of anilines is 1. The van der Waals surface area contributed by atoms with Gasteiger partial charge in [0.15, 0.2) is 11.5 Å². The zero-order valence-corrected chi connectivity index (χ0v) is 9.46. The van der Waals surface area contributed by atoms with Gasteiger partial charge in [-0.1, -0.05) is 0 Å². The number of benzene rings is 1. The van der Waals surface area contributed by atoms with E-state index in [0.29, 0.717) is 17.2 Å². The molecule has 1 saturated heterocycles. The first-order valence-corrected chi connectivity index (χ1v) is 5.58. The normalized spacial score (nSPS) is 21.4. The van der Waals surface area contributed by atoms with E-state index in [1.807, 2.05) is 0 Å². The van der Waals surface area contributed by atoms with E-state index in [9.17, 15) is 9.59 Å². The number of carboxylic acids is 1. The maximum absolute atomic E-state index is 11.8. The Morgan fingerprint density at radius 2 is 2.11 bits per heavy atom. The number of nitrogens with zero attached hydrogens (tertiary/aromatic N) is 1. The van der Waals surface area contributed by atoms with Crippen molar-refractivity contribution in [2.24, 2.45) is 5.92 Å². The molecule has 18 heavy (non-hydrogen) atoms. The van der Waals surface area contributed by atoms with Crippen molar-refractivity contribution in [1.82, 2.24) is 0 Å². The van der Waals surface area contributed by atoms with Crippen LogP contribution >= 0.6 is 0 Å². The minimum Gasteiger partial charge on any atom is -0.481 e. The van der Waals surface area contributed by atoms with Crippen LogP contribution in [0.2, 0.25) is 0 Å². The lowest BCUT2D eigenvalue weighted by molar-refractivity contribution is -0.141. The first-order chi connectivity index (χ1) is 8.65. The summed E-state index contributed by atoms with van der Waals surface area (Å²) in [5.41, 5.74) is 0.646. The molecule has 3 rings (SSSR count). The molecule has 0 aliphatic carbocycles. The van der Waals surface area contributed by atoms with Gasteiger partial charge in [-0.15, -0.1) is 0 Å². The smallest absolute Gasteiger partial charge is 0.308 e. The van der Waals surface area contributed by atoms with Crippen LogP contribution in [-0.4, -0.2) is 30.3 Å². The maximum Gasteiger partial charge on any atom is 0.308 e. The minimum absolute atomic E-state index is 0.0454. The summed E-state index contributed by atoms with van der Waals surface area (Å²) >= 11 is 0. The van der Waals surface area contributed by atoms with Gasteiger partial charge in [-0.25, -0.2) is 0 Å². The summed E-state index contributed by atoms with van der Waals surface area (Å²) < 4.78 is 10.4. The molecule has 6 heteroatoms.